The molecule has 2 heterocycles. The SMILES string of the molecule is CC#CCNC(=O)c1cc(F)c(CNC(=O)CCCCCNC(=O)CCCC[C@H]2SC[C@H]3NC(=O)N[C@H]32)c(F)c1. The number of carbonyl (C=O) groups excluding carboxylic acids is 4. The second kappa shape index (κ2) is 16.1. The first-order chi connectivity index (χ1) is 19.3. The summed E-state index contributed by atoms with van der Waals surface area (Å²) in [5.74, 6) is 3.39. The van der Waals surface area contributed by atoms with Crippen LogP contribution in [0.1, 0.15) is 74.2 Å². The van der Waals surface area contributed by atoms with E-state index < -0.39 is 17.5 Å². The molecule has 0 aromatic heterocycles. The van der Waals surface area contributed by atoms with E-state index in [2.05, 4.69) is 38.4 Å². The van der Waals surface area contributed by atoms with Crippen molar-refractivity contribution in [2.75, 3.05) is 18.8 Å². The van der Waals surface area contributed by atoms with E-state index in [1.54, 1.807) is 6.92 Å². The number of urea groups is 1. The Labute approximate surface area is 237 Å². The lowest BCUT2D eigenvalue weighted by atomic mass is 10.0. The number of thioether (sulfide) groups is 1. The Kier molecular flexibility index (Phi) is 12.5. The minimum atomic E-state index is -0.909. The van der Waals surface area contributed by atoms with Gasteiger partial charge in [-0.05, 0) is 44.7 Å². The smallest absolute Gasteiger partial charge is 0.315 e. The molecule has 5 amide bonds. The van der Waals surface area contributed by atoms with Crippen LogP contribution in [0, 0.1) is 23.5 Å². The van der Waals surface area contributed by atoms with Crippen molar-refractivity contribution in [3.8, 4) is 11.8 Å². The van der Waals surface area contributed by atoms with Crippen molar-refractivity contribution in [2.24, 2.45) is 0 Å². The quantitative estimate of drug-likeness (QED) is 0.124. The molecule has 218 valence electrons. The molecule has 2 saturated heterocycles. The van der Waals surface area contributed by atoms with E-state index in [4.69, 9.17) is 0 Å². The molecule has 12 heteroatoms. The molecule has 2 aliphatic rings. The van der Waals surface area contributed by atoms with Crippen LogP contribution in [0.2, 0.25) is 0 Å². The first-order valence-corrected chi connectivity index (χ1v) is 14.7. The fourth-order valence-electron chi connectivity index (χ4n) is 4.67. The van der Waals surface area contributed by atoms with Crippen molar-refractivity contribution >= 4 is 35.5 Å². The van der Waals surface area contributed by atoms with Crippen LogP contribution in [-0.4, -0.2) is 59.9 Å². The molecule has 0 aliphatic carbocycles. The van der Waals surface area contributed by atoms with Crippen LogP contribution in [0.15, 0.2) is 12.1 Å². The van der Waals surface area contributed by atoms with Crippen molar-refractivity contribution in [3.63, 3.8) is 0 Å². The van der Waals surface area contributed by atoms with Gasteiger partial charge in [0, 0.05) is 48.1 Å². The zero-order valence-corrected chi connectivity index (χ0v) is 23.5. The van der Waals surface area contributed by atoms with Crippen LogP contribution in [0.4, 0.5) is 13.6 Å². The molecule has 0 radical (unpaired) electrons. The van der Waals surface area contributed by atoms with Crippen molar-refractivity contribution in [1.82, 2.24) is 26.6 Å². The summed E-state index contributed by atoms with van der Waals surface area (Å²) in [5, 5.41) is 14.2. The summed E-state index contributed by atoms with van der Waals surface area (Å²) in [7, 11) is 0. The summed E-state index contributed by atoms with van der Waals surface area (Å²) in [5.41, 5.74) is -0.469. The lowest BCUT2D eigenvalue weighted by molar-refractivity contribution is -0.122. The molecule has 5 N–H and O–H groups in total. The van der Waals surface area contributed by atoms with Crippen LogP contribution < -0.4 is 26.6 Å². The monoisotopic (exact) mass is 577 g/mol. The molecule has 0 saturated carbocycles. The Balaban J connectivity index is 1.21. The van der Waals surface area contributed by atoms with Gasteiger partial charge in [0.15, 0.2) is 0 Å². The molecular formula is C28H37F2N5O4S. The highest BCUT2D eigenvalue weighted by molar-refractivity contribution is 8.00. The molecule has 0 bridgehead atoms. The van der Waals surface area contributed by atoms with Gasteiger partial charge in [-0.15, -0.1) is 5.92 Å². The number of halogens is 2. The normalized spacial score (nSPS) is 19.1. The Morgan fingerprint density at radius 2 is 1.68 bits per heavy atom. The molecule has 40 heavy (non-hydrogen) atoms. The van der Waals surface area contributed by atoms with E-state index in [1.807, 2.05) is 11.8 Å². The minimum Gasteiger partial charge on any atom is -0.356 e. The van der Waals surface area contributed by atoms with Crippen molar-refractivity contribution in [1.29, 1.82) is 0 Å². The summed E-state index contributed by atoms with van der Waals surface area (Å²) in [6.45, 7) is 1.90. The number of hydrogen-bond acceptors (Lipinski definition) is 5. The average Bonchev–Trinajstić information content (AvgIpc) is 3.47. The van der Waals surface area contributed by atoms with Gasteiger partial charge in [0.1, 0.15) is 11.6 Å². The maximum absolute atomic E-state index is 14.3. The van der Waals surface area contributed by atoms with Gasteiger partial charge >= 0.3 is 6.03 Å². The van der Waals surface area contributed by atoms with Gasteiger partial charge in [0.2, 0.25) is 11.8 Å². The Hall–Kier alpha value is -3.33. The molecule has 1 aromatic carbocycles. The van der Waals surface area contributed by atoms with E-state index in [0.29, 0.717) is 24.6 Å². The standard InChI is InChI=1S/C28H37F2N5O4S/c1-2-3-12-32-27(38)18-14-20(29)19(21(30)15-18)16-33-25(37)10-5-4-8-13-31-24(36)11-7-6-9-23-26-22(17-40-23)34-28(39)35-26/h14-15,22-23,26H,4-13,16-17H2,1H3,(H,31,36)(H,32,38)(H,33,37)(H2,34,35,39)/t22-,23-,26-/m1/s1. The third-order valence-electron chi connectivity index (χ3n) is 6.86. The third kappa shape index (κ3) is 9.70. The second-order valence-corrected chi connectivity index (χ2v) is 11.1. The lowest BCUT2D eigenvalue weighted by Crippen LogP contribution is -2.36. The number of rotatable bonds is 15. The first kappa shape index (κ1) is 31.2. The maximum Gasteiger partial charge on any atom is 0.315 e. The molecule has 9 nitrogen and oxygen atoms in total. The zero-order chi connectivity index (χ0) is 28.9. The highest BCUT2D eigenvalue weighted by Crippen LogP contribution is 2.33. The van der Waals surface area contributed by atoms with Gasteiger partial charge in [0.25, 0.3) is 5.91 Å². The Morgan fingerprint density at radius 1 is 0.975 bits per heavy atom. The number of nitrogens with one attached hydrogen (secondary N) is 5. The van der Waals surface area contributed by atoms with Crippen molar-refractivity contribution < 1.29 is 28.0 Å². The number of hydrogen-bond donors (Lipinski definition) is 5. The molecule has 1 aromatic rings. The predicted molar refractivity (Wildman–Crippen MR) is 149 cm³/mol. The van der Waals surface area contributed by atoms with Gasteiger partial charge in [-0.1, -0.05) is 18.8 Å². The Bertz CT molecular complexity index is 1120. The molecular weight excluding hydrogens is 540 g/mol. The Morgan fingerprint density at radius 3 is 2.40 bits per heavy atom. The van der Waals surface area contributed by atoms with Gasteiger partial charge in [-0.3, -0.25) is 14.4 Å². The third-order valence-corrected chi connectivity index (χ3v) is 8.37. The second-order valence-electron chi connectivity index (χ2n) is 9.83. The summed E-state index contributed by atoms with van der Waals surface area (Å²) in [6.07, 6.45) is 5.40. The van der Waals surface area contributed by atoms with Crippen molar-refractivity contribution in [2.45, 2.75) is 82.2 Å². The van der Waals surface area contributed by atoms with Crippen LogP contribution in [0.3, 0.4) is 0 Å². The van der Waals surface area contributed by atoms with Gasteiger partial charge in [-0.25, -0.2) is 13.6 Å². The molecule has 2 fully saturated rings. The predicted octanol–water partition coefficient (Wildman–Crippen LogP) is 2.74. The lowest BCUT2D eigenvalue weighted by Gasteiger charge is -2.16. The average molecular weight is 578 g/mol. The zero-order valence-electron chi connectivity index (χ0n) is 22.7. The van der Waals surface area contributed by atoms with E-state index in [1.165, 1.54) is 0 Å². The topological polar surface area (TPSA) is 128 Å². The van der Waals surface area contributed by atoms with Gasteiger partial charge in [-0.2, -0.15) is 11.8 Å². The summed E-state index contributed by atoms with van der Waals surface area (Å²) in [4.78, 5) is 47.6. The molecule has 3 atom stereocenters. The summed E-state index contributed by atoms with van der Waals surface area (Å²) < 4.78 is 28.7. The number of amides is 5. The summed E-state index contributed by atoms with van der Waals surface area (Å²) in [6, 6.07) is 2.19. The van der Waals surface area contributed by atoms with Crippen LogP contribution in [-0.2, 0) is 16.1 Å². The minimum absolute atomic E-state index is 0.00715. The fourth-order valence-corrected chi connectivity index (χ4v) is 6.21. The molecule has 0 unspecified atom stereocenters. The number of fused-ring (bicyclic) bond motifs is 1. The van der Waals surface area contributed by atoms with E-state index in [-0.39, 0.29) is 60.6 Å². The van der Waals surface area contributed by atoms with E-state index in [9.17, 15) is 28.0 Å². The van der Waals surface area contributed by atoms with Crippen LogP contribution in [0.5, 0.6) is 0 Å². The molecule has 3 rings (SSSR count). The van der Waals surface area contributed by atoms with E-state index in [0.717, 1.165) is 50.0 Å². The number of carbonyl (C=O) groups is 4. The number of benzene rings is 1. The van der Waals surface area contributed by atoms with Crippen molar-refractivity contribution in [3.05, 3.63) is 34.9 Å². The number of unbranched alkanes of at least 4 members (excludes halogenated alkanes) is 3. The van der Waals surface area contributed by atoms with E-state index >= 15 is 0 Å². The fraction of sp³-hybridized carbons (Fsp3) is 0.571. The molecule has 0 spiro atoms. The summed E-state index contributed by atoms with van der Waals surface area (Å²) >= 11 is 1.87. The first-order valence-electron chi connectivity index (χ1n) is 13.7. The highest BCUT2D eigenvalue weighted by atomic mass is 32.2. The highest BCUT2D eigenvalue weighted by Gasteiger charge is 2.42. The maximum atomic E-state index is 14.3. The van der Waals surface area contributed by atoms with Gasteiger partial charge < -0.3 is 26.6 Å². The molecule has 2 aliphatic heterocycles. The van der Waals surface area contributed by atoms with Crippen LogP contribution >= 0.6 is 11.8 Å². The van der Waals surface area contributed by atoms with Crippen LogP contribution in [0.25, 0.3) is 0 Å². The largest absolute Gasteiger partial charge is 0.356 e. The van der Waals surface area contributed by atoms with Gasteiger partial charge in [0.05, 0.1) is 18.6 Å².